The van der Waals surface area contributed by atoms with Crippen LogP contribution in [0.3, 0.4) is 0 Å². The predicted octanol–water partition coefficient (Wildman–Crippen LogP) is 3.25. The third kappa shape index (κ3) is 2.93. The van der Waals surface area contributed by atoms with E-state index in [1.165, 1.54) is 38.5 Å². The molecule has 0 spiro atoms. The van der Waals surface area contributed by atoms with Gasteiger partial charge in [-0.1, -0.05) is 62.4 Å². The van der Waals surface area contributed by atoms with Crippen molar-refractivity contribution >= 4 is 11.8 Å². The fourth-order valence-electron chi connectivity index (χ4n) is 5.81. The van der Waals surface area contributed by atoms with E-state index in [0.29, 0.717) is 25.4 Å². The molecule has 2 aliphatic carbocycles. The topological polar surface area (TPSA) is 63.4 Å². The predicted molar refractivity (Wildman–Crippen MR) is 101 cm³/mol. The van der Waals surface area contributed by atoms with E-state index in [1.54, 1.807) is 0 Å². The molecule has 4 unspecified atom stereocenters. The van der Waals surface area contributed by atoms with Gasteiger partial charge in [-0.2, -0.15) is 0 Å². The molecule has 4 atom stereocenters. The minimum atomic E-state index is -0.725. The summed E-state index contributed by atoms with van der Waals surface area (Å²) in [6.07, 6.45) is 9.21. The van der Waals surface area contributed by atoms with Gasteiger partial charge in [0, 0.05) is 19.0 Å². The molecule has 4 rings (SSSR count). The third-order valence-corrected chi connectivity index (χ3v) is 7.27. The number of carbonyl (C=O) groups excluding carboxylic acids is 2. The molecule has 3 aliphatic rings. The van der Waals surface area contributed by atoms with Crippen molar-refractivity contribution in [3.63, 3.8) is 0 Å². The zero-order chi connectivity index (χ0) is 18.1. The first-order valence-electron chi connectivity index (χ1n) is 10.3. The highest BCUT2D eigenvalue weighted by Gasteiger charge is 2.48. The number of likely N-dealkylation sites (tertiary alicyclic amines) is 1. The van der Waals surface area contributed by atoms with Gasteiger partial charge in [0.1, 0.15) is 0 Å². The molecule has 4 nitrogen and oxygen atoms in total. The van der Waals surface area contributed by atoms with E-state index in [9.17, 15) is 9.59 Å². The summed E-state index contributed by atoms with van der Waals surface area (Å²) >= 11 is 0. The van der Waals surface area contributed by atoms with E-state index in [4.69, 9.17) is 5.73 Å². The molecule has 26 heavy (non-hydrogen) atoms. The molecule has 2 N–H and O–H groups in total. The molecule has 0 aromatic heterocycles. The first-order valence-corrected chi connectivity index (χ1v) is 10.3. The Kier molecular flexibility index (Phi) is 4.76. The fraction of sp³-hybridized carbons (Fsp3) is 0.636. The Morgan fingerprint density at radius 2 is 1.73 bits per heavy atom. The van der Waals surface area contributed by atoms with E-state index in [1.807, 2.05) is 35.2 Å². The van der Waals surface area contributed by atoms with Crippen molar-refractivity contribution in [2.45, 2.75) is 56.8 Å². The van der Waals surface area contributed by atoms with E-state index in [2.05, 4.69) is 0 Å². The molecule has 0 bridgehead atoms. The summed E-state index contributed by atoms with van der Waals surface area (Å²) in [6, 6.07) is 9.77. The molecular weight excluding hydrogens is 324 g/mol. The number of rotatable bonds is 3. The second-order valence-corrected chi connectivity index (χ2v) is 8.57. The molecule has 2 saturated carbocycles. The monoisotopic (exact) mass is 354 g/mol. The van der Waals surface area contributed by atoms with Crippen LogP contribution in [0.25, 0.3) is 0 Å². The van der Waals surface area contributed by atoms with Crippen LogP contribution in [-0.2, 0) is 15.0 Å². The Labute approximate surface area is 156 Å². The molecule has 1 aromatic rings. The van der Waals surface area contributed by atoms with Gasteiger partial charge in [0.25, 0.3) is 0 Å². The lowest BCUT2D eigenvalue weighted by atomic mass is 9.65. The molecule has 1 saturated heterocycles. The summed E-state index contributed by atoms with van der Waals surface area (Å²) < 4.78 is 0. The molecule has 1 aromatic carbocycles. The maximum Gasteiger partial charge on any atom is 0.229 e. The van der Waals surface area contributed by atoms with Gasteiger partial charge in [-0.25, -0.2) is 0 Å². The number of primary amides is 1. The quantitative estimate of drug-likeness (QED) is 0.905. The smallest absolute Gasteiger partial charge is 0.229 e. The molecule has 1 aliphatic heterocycles. The van der Waals surface area contributed by atoms with Gasteiger partial charge < -0.3 is 10.6 Å². The lowest BCUT2D eigenvalue weighted by Crippen LogP contribution is -2.47. The number of benzene rings is 1. The average molecular weight is 354 g/mol. The molecule has 4 heteroatoms. The van der Waals surface area contributed by atoms with E-state index >= 15 is 0 Å². The van der Waals surface area contributed by atoms with Crippen molar-refractivity contribution in [1.29, 1.82) is 0 Å². The highest BCUT2D eigenvalue weighted by molar-refractivity contribution is 5.89. The second-order valence-electron chi connectivity index (χ2n) is 8.57. The highest BCUT2D eigenvalue weighted by atomic mass is 16.2. The Hall–Kier alpha value is -1.84. The van der Waals surface area contributed by atoms with Crippen LogP contribution in [0.15, 0.2) is 30.3 Å². The average Bonchev–Trinajstić information content (AvgIpc) is 3.15. The number of fused-ring (bicyclic) bond motifs is 1. The molecule has 3 fully saturated rings. The molecule has 1 heterocycles. The van der Waals surface area contributed by atoms with Crippen LogP contribution in [-0.4, -0.2) is 29.8 Å². The van der Waals surface area contributed by atoms with Crippen molar-refractivity contribution in [2.75, 3.05) is 13.1 Å². The highest BCUT2D eigenvalue weighted by Crippen LogP contribution is 2.45. The van der Waals surface area contributed by atoms with Gasteiger partial charge in [-0.05, 0) is 36.7 Å². The van der Waals surface area contributed by atoms with Gasteiger partial charge in [-0.15, -0.1) is 0 Å². The number of hydrogen-bond acceptors (Lipinski definition) is 2. The molecule has 0 radical (unpaired) electrons. The first-order chi connectivity index (χ1) is 12.6. The van der Waals surface area contributed by atoms with E-state index in [-0.39, 0.29) is 17.7 Å². The normalized spacial score (nSPS) is 34.3. The largest absolute Gasteiger partial charge is 0.369 e. The number of nitrogens with two attached hydrogens (primary N) is 1. The maximum atomic E-state index is 13.4. The standard InChI is InChI=1S/C22H30N2O2/c23-21(26)22(17-9-2-1-3-10-17)13-14-24(15-22)20(25)19-12-6-8-16-7-4-5-11-18(16)19/h1-3,9-10,16,18-19H,4-8,11-15H2,(H2,23,26). The van der Waals surface area contributed by atoms with Crippen molar-refractivity contribution in [3.8, 4) is 0 Å². The van der Waals surface area contributed by atoms with Gasteiger partial charge in [0.2, 0.25) is 11.8 Å². The number of hydrogen-bond donors (Lipinski definition) is 1. The Morgan fingerprint density at radius 3 is 2.50 bits per heavy atom. The van der Waals surface area contributed by atoms with Crippen LogP contribution in [0, 0.1) is 17.8 Å². The van der Waals surface area contributed by atoms with Crippen LogP contribution >= 0.6 is 0 Å². The number of nitrogens with zero attached hydrogens (tertiary/aromatic N) is 1. The summed E-state index contributed by atoms with van der Waals surface area (Å²) in [5.41, 5.74) is 6.06. The Bertz CT molecular complexity index is 672. The van der Waals surface area contributed by atoms with Crippen LogP contribution in [0.2, 0.25) is 0 Å². The molecule has 2 amide bonds. The van der Waals surface area contributed by atoms with Crippen LogP contribution < -0.4 is 5.73 Å². The van der Waals surface area contributed by atoms with Gasteiger partial charge >= 0.3 is 0 Å². The summed E-state index contributed by atoms with van der Waals surface area (Å²) in [5.74, 6) is 1.43. The summed E-state index contributed by atoms with van der Waals surface area (Å²) in [5, 5.41) is 0. The number of carbonyl (C=O) groups is 2. The molecular formula is C22H30N2O2. The fourth-order valence-corrected chi connectivity index (χ4v) is 5.81. The van der Waals surface area contributed by atoms with Gasteiger partial charge in [0.05, 0.1) is 5.41 Å². The van der Waals surface area contributed by atoms with Crippen molar-refractivity contribution in [3.05, 3.63) is 35.9 Å². The van der Waals surface area contributed by atoms with E-state index < -0.39 is 5.41 Å². The summed E-state index contributed by atoms with van der Waals surface area (Å²) in [7, 11) is 0. The van der Waals surface area contributed by atoms with Crippen LogP contribution in [0.4, 0.5) is 0 Å². The lowest BCUT2D eigenvalue weighted by Gasteiger charge is -2.42. The zero-order valence-electron chi connectivity index (χ0n) is 15.5. The minimum absolute atomic E-state index is 0.161. The van der Waals surface area contributed by atoms with Crippen LogP contribution in [0.5, 0.6) is 0 Å². The lowest BCUT2D eigenvalue weighted by molar-refractivity contribution is -0.139. The van der Waals surface area contributed by atoms with E-state index in [0.717, 1.165) is 17.9 Å². The molecule has 140 valence electrons. The van der Waals surface area contributed by atoms with Crippen molar-refractivity contribution in [2.24, 2.45) is 23.5 Å². The summed E-state index contributed by atoms with van der Waals surface area (Å²) in [6.45, 7) is 1.09. The Morgan fingerprint density at radius 1 is 1.00 bits per heavy atom. The first kappa shape index (κ1) is 17.6. The van der Waals surface area contributed by atoms with Gasteiger partial charge in [-0.3, -0.25) is 9.59 Å². The maximum absolute atomic E-state index is 13.4. The summed E-state index contributed by atoms with van der Waals surface area (Å²) in [4.78, 5) is 27.7. The van der Waals surface area contributed by atoms with Crippen LogP contribution in [0.1, 0.15) is 56.9 Å². The zero-order valence-corrected chi connectivity index (χ0v) is 15.5. The van der Waals surface area contributed by atoms with Gasteiger partial charge in [0.15, 0.2) is 0 Å². The Balaban J connectivity index is 1.54. The minimum Gasteiger partial charge on any atom is -0.369 e. The second kappa shape index (κ2) is 7.05. The van der Waals surface area contributed by atoms with Crippen molar-refractivity contribution in [1.82, 2.24) is 4.90 Å². The van der Waals surface area contributed by atoms with Crippen molar-refractivity contribution < 1.29 is 9.59 Å². The number of amides is 2. The SMILES string of the molecule is NC(=O)C1(c2ccccc2)CCN(C(=O)C2CCCC3CCCCC32)C1. The third-order valence-electron chi connectivity index (χ3n) is 7.27.